The van der Waals surface area contributed by atoms with Crippen LogP contribution in [0.15, 0.2) is 17.1 Å². The lowest BCUT2D eigenvalue weighted by Gasteiger charge is -2.38. The molecule has 3 aliphatic rings. The molecule has 184 valence electrons. The van der Waals surface area contributed by atoms with E-state index in [2.05, 4.69) is 0 Å². The Labute approximate surface area is 196 Å². The van der Waals surface area contributed by atoms with E-state index in [-0.39, 0.29) is 46.4 Å². The summed E-state index contributed by atoms with van der Waals surface area (Å²) in [4.78, 5) is 26.4. The number of carboxylic acid groups (broad SMARTS) is 1. The number of methoxy groups -OCH3 is 1. The highest BCUT2D eigenvalue weighted by Gasteiger charge is 2.51. The molecule has 34 heavy (non-hydrogen) atoms. The Morgan fingerprint density at radius 2 is 1.94 bits per heavy atom. The zero-order chi connectivity index (χ0) is 24.2. The van der Waals surface area contributed by atoms with E-state index in [1.807, 2.05) is 4.90 Å². The second kappa shape index (κ2) is 8.53. The number of carboxylic acids is 1. The van der Waals surface area contributed by atoms with Crippen LogP contribution in [0.3, 0.4) is 0 Å². The van der Waals surface area contributed by atoms with Crippen molar-refractivity contribution >= 4 is 22.6 Å². The summed E-state index contributed by atoms with van der Waals surface area (Å²) in [7, 11) is 1.44. The largest absolute Gasteiger partial charge is 0.492 e. The molecule has 2 aliphatic carbocycles. The van der Waals surface area contributed by atoms with Crippen molar-refractivity contribution in [2.45, 2.75) is 57.1 Å². The van der Waals surface area contributed by atoms with Crippen molar-refractivity contribution in [1.82, 2.24) is 4.57 Å². The van der Waals surface area contributed by atoms with Crippen molar-refractivity contribution in [2.75, 3.05) is 31.7 Å². The molecular weight excluding hydrogens is 443 g/mol. The summed E-state index contributed by atoms with van der Waals surface area (Å²) in [6, 6.07) is 1.19. The molecule has 9 heteroatoms. The quantitative estimate of drug-likeness (QED) is 0.539. The minimum atomic E-state index is -1.33. The Balaban J connectivity index is 1.51. The van der Waals surface area contributed by atoms with Gasteiger partial charge in [0.05, 0.1) is 24.1 Å². The van der Waals surface area contributed by atoms with Crippen molar-refractivity contribution in [3.05, 3.63) is 33.9 Å². The zero-order valence-corrected chi connectivity index (χ0v) is 19.3. The number of pyridine rings is 1. The highest BCUT2D eigenvalue weighted by atomic mass is 19.1. The van der Waals surface area contributed by atoms with E-state index >= 15 is 4.39 Å². The topological polar surface area (TPSA) is 112 Å². The van der Waals surface area contributed by atoms with E-state index in [0.29, 0.717) is 37.9 Å². The molecule has 1 aromatic heterocycles. The molecular formula is C25H31FN2O6. The Morgan fingerprint density at radius 1 is 1.26 bits per heavy atom. The van der Waals surface area contributed by atoms with Crippen LogP contribution in [0.1, 0.15) is 61.3 Å². The predicted molar refractivity (Wildman–Crippen MR) is 124 cm³/mol. The van der Waals surface area contributed by atoms with Gasteiger partial charge in [-0.1, -0.05) is 0 Å². The molecule has 1 unspecified atom stereocenters. The van der Waals surface area contributed by atoms with Gasteiger partial charge in [-0.25, -0.2) is 9.18 Å². The fourth-order valence-electron chi connectivity index (χ4n) is 5.74. The monoisotopic (exact) mass is 474 g/mol. The van der Waals surface area contributed by atoms with Crippen LogP contribution in [0.2, 0.25) is 0 Å². The van der Waals surface area contributed by atoms with Gasteiger partial charge in [0, 0.05) is 31.9 Å². The molecule has 1 saturated heterocycles. The Morgan fingerprint density at radius 3 is 2.47 bits per heavy atom. The number of carbonyl (C=O) groups is 1. The van der Waals surface area contributed by atoms with E-state index in [0.717, 1.165) is 31.7 Å². The average Bonchev–Trinajstić information content (AvgIpc) is 3.74. The summed E-state index contributed by atoms with van der Waals surface area (Å²) in [5.41, 5.74) is -0.561. The molecule has 8 nitrogen and oxygen atoms in total. The summed E-state index contributed by atoms with van der Waals surface area (Å²) in [6.45, 7) is 1.12. The van der Waals surface area contributed by atoms with Gasteiger partial charge >= 0.3 is 5.97 Å². The molecule has 1 aromatic carbocycles. The lowest BCUT2D eigenvalue weighted by molar-refractivity contribution is 0.0150. The fraction of sp³-hybridized carbons (Fsp3) is 0.600. The molecule has 1 aliphatic heterocycles. The maximum Gasteiger partial charge on any atom is 0.341 e. The zero-order valence-electron chi connectivity index (χ0n) is 19.3. The van der Waals surface area contributed by atoms with E-state index in [9.17, 15) is 24.9 Å². The molecule has 0 radical (unpaired) electrons. The second-order valence-electron chi connectivity index (χ2n) is 10.1. The minimum absolute atomic E-state index is 0.00915. The highest BCUT2D eigenvalue weighted by molar-refractivity contribution is 5.97. The lowest BCUT2D eigenvalue weighted by atomic mass is 9.80. The molecule has 3 fully saturated rings. The standard InChI is InChI=1S/C25H31FN2O6/c1-34-22-19-16(21(30)17(24(32)33)13-28(19)15-2-3-15)12-18(26)20(22)27-9-4-14(5-10-27)23(31)25(6-7-25)8-11-29/h12-15,23,29,31H,2-11H2,1H3,(H,32,33). The molecule has 0 bridgehead atoms. The normalized spacial score (nSPS) is 21.0. The predicted octanol–water partition coefficient (Wildman–Crippen LogP) is 2.92. The number of halogens is 1. The van der Waals surface area contributed by atoms with Gasteiger partial charge in [0.15, 0.2) is 11.6 Å². The summed E-state index contributed by atoms with van der Waals surface area (Å²) in [5, 5.41) is 29.8. The first kappa shape index (κ1) is 23.1. The average molecular weight is 475 g/mol. The van der Waals surface area contributed by atoms with Gasteiger partial charge in [-0.2, -0.15) is 0 Å². The number of rotatable bonds is 8. The molecule has 0 spiro atoms. The summed E-state index contributed by atoms with van der Waals surface area (Å²) in [6.07, 6.45) is 6.42. The van der Waals surface area contributed by atoms with Crippen LogP contribution < -0.4 is 15.1 Å². The van der Waals surface area contributed by atoms with Crippen molar-refractivity contribution in [2.24, 2.45) is 11.3 Å². The molecule has 2 heterocycles. The van der Waals surface area contributed by atoms with Crippen molar-refractivity contribution in [1.29, 1.82) is 0 Å². The van der Waals surface area contributed by atoms with Crippen LogP contribution >= 0.6 is 0 Å². The Hall–Kier alpha value is -2.65. The Kier molecular flexibility index (Phi) is 5.80. The molecule has 0 amide bonds. The number of aromatic carboxylic acids is 1. The number of aliphatic hydroxyl groups excluding tert-OH is 2. The second-order valence-corrected chi connectivity index (χ2v) is 10.1. The number of aliphatic hydroxyl groups is 2. The van der Waals surface area contributed by atoms with Crippen LogP contribution in [0.5, 0.6) is 5.75 Å². The number of hydrogen-bond acceptors (Lipinski definition) is 6. The number of fused-ring (bicyclic) bond motifs is 1. The van der Waals surface area contributed by atoms with Crippen molar-refractivity contribution in [3.63, 3.8) is 0 Å². The third-order valence-corrected chi connectivity index (χ3v) is 8.00. The number of nitrogens with zero attached hydrogens (tertiary/aromatic N) is 2. The van der Waals surface area contributed by atoms with Gasteiger partial charge in [0.2, 0.25) is 5.43 Å². The SMILES string of the molecule is COc1c(N2CCC(C(O)C3(CCO)CC3)CC2)c(F)cc2c(=O)c(C(=O)O)cn(C3CC3)c12. The van der Waals surface area contributed by atoms with Gasteiger partial charge in [-0.15, -0.1) is 0 Å². The Bertz CT molecular complexity index is 1180. The molecule has 2 aromatic rings. The number of ether oxygens (including phenoxy) is 1. The third-order valence-electron chi connectivity index (χ3n) is 8.00. The maximum atomic E-state index is 15.5. The van der Waals surface area contributed by atoms with Crippen LogP contribution in [0, 0.1) is 17.2 Å². The van der Waals surface area contributed by atoms with Gasteiger partial charge in [0.1, 0.15) is 11.3 Å². The first-order chi connectivity index (χ1) is 16.3. The fourth-order valence-corrected chi connectivity index (χ4v) is 5.74. The molecule has 1 atom stereocenters. The van der Waals surface area contributed by atoms with E-state index in [4.69, 9.17) is 4.74 Å². The van der Waals surface area contributed by atoms with Crippen LogP contribution in [0.4, 0.5) is 10.1 Å². The first-order valence-corrected chi connectivity index (χ1v) is 12.0. The first-order valence-electron chi connectivity index (χ1n) is 12.0. The maximum absolute atomic E-state index is 15.5. The van der Waals surface area contributed by atoms with E-state index in [1.54, 1.807) is 4.57 Å². The van der Waals surface area contributed by atoms with Crippen LogP contribution in [-0.2, 0) is 0 Å². The van der Waals surface area contributed by atoms with Gasteiger partial charge in [-0.05, 0) is 62.3 Å². The number of benzene rings is 1. The lowest BCUT2D eigenvalue weighted by Crippen LogP contribution is -2.41. The van der Waals surface area contributed by atoms with Gasteiger partial charge in [-0.3, -0.25) is 4.79 Å². The minimum Gasteiger partial charge on any atom is -0.492 e. The molecule has 5 rings (SSSR count). The molecule has 3 N–H and O–H groups in total. The smallest absolute Gasteiger partial charge is 0.341 e. The van der Waals surface area contributed by atoms with Crippen LogP contribution in [0.25, 0.3) is 10.9 Å². The van der Waals surface area contributed by atoms with E-state index in [1.165, 1.54) is 13.3 Å². The third kappa shape index (κ3) is 3.75. The molecule has 2 saturated carbocycles. The van der Waals surface area contributed by atoms with Crippen LogP contribution in [-0.4, -0.2) is 58.8 Å². The number of aromatic nitrogens is 1. The summed E-state index contributed by atoms with van der Waals surface area (Å²) in [5.74, 6) is -1.62. The van der Waals surface area contributed by atoms with Crippen molar-refractivity contribution in [3.8, 4) is 5.75 Å². The number of piperidine rings is 1. The van der Waals surface area contributed by atoms with Gasteiger partial charge in [0.25, 0.3) is 0 Å². The van der Waals surface area contributed by atoms with Gasteiger partial charge < -0.3 is 29.5 Å². The van der Waals surface area contributed by atoms with Crippen molar-refractivity contribution < 1.29 is 29.2 Å². The number of hydrogen-bond donors (Lipinski definition) is 3. The van der Waals surface area contributed by atoms with E-state index < -0.39 is 23.3 Å². The summed E-state index contributed by atoms with van der Waals surface area (Å²) < 4.78 is 22.9. The highest BCUT2D eigenvalue weighted by Crippen LogP contribution is 2.55. The summed E-state index contributed by atoms with van der Waals surface area (Å²) >= 11 is 0. The number of anilines is 1.